The van der Waals surface area contributed by atoms with E-state index < -0.39 is 0 Å². The van der Waals surface area contributed by atoms with Gasteiger partial charge in [-0.15, -0.1) is 0 Å². The van der Waals surface area contributed by atoms with E-state index in [0.717, 1.165) is 18.5 Å². The summed E-state index contributed by atoms with van der Waals surface area (Å²) in [4.78, 5) is 2.59. The maximum absolute atomic E-state index is 3.27. The Bertz CT molecular complexity index is 152. The van der Waals surface area contributed by atoms with Crippen LogP contribution in [0.3, 0.4) is 0 Å². The first-order chi connectivity index (χ1) is 6.66. The SMILES string of the molecule is CNCC(C)C(C)N(C)C1CCCC1. The van der Waals surface area contributed by atoms with E-state index >= 15 is 0 Å². The zero-order valence-corrected chi connectivity index (χ0v) is 10.2. The van der Waals surface area contributed by atoms with Crippen molar-refractivity contribution in [2.24, 2.45) is 5.92 Å². The predicted octanol–water partition coefficient (Wildman–Crippen LogP) is 2.10. The van der Waals surface area contributed by atoms with Gasteiger partial charge in [-0.25, -0.2) is 0 Å². The summed E-state index contributed by atoms with van der Waals surface area (Å²) in [7, 11) is 4.34. The highest BCUT2D eigenvalue weighted by Gasteiger charge is 2.25. The second-order valence-electron chi connectivity index (χ2n) is 4.88. The summed E-state index contributed by atoms with van der Waals surface area (Å²) in [6.45, 7) is 5.82. The third kappa shape index (κ3) is 2.96. The second kappa shape index (κ2) is 5.72. The van der Waals surface area contributed by atoms with E-state index in [1.165, 1.54) is 25.7 Å². The van der Waals surface area contributed by atoms with E-state index in [-0.39, 0.29) is 0 Å². The van der Waals surface area contributed by atoms with Crippen LogP contribution in [-0.4, -0.2) is 37.6 Å². The largest absolute Gasteiger partial charge is 0.319 e. The molecule has 14 heavy (non-hydrogen) atoms. The number of hydrogen-bond donors (Lipinski definition) is 1. The number of nitrogens with one attached hydrogen (secondary N) is 1. The van der Waals surface area contributed by atoms with E-state index in [1.54, 1.807) is 0 Å². The first kappa shape index (κ1) is 12.0. The summed E-state index contributed by atoms with van der Waals surface area (Å²) in [6.07, 6.45) is 5.69. The molecule has 1 aliphatic rings. The van der Waals surface area contributed by atoms with Crippen molar-refractivity contribution in [2.45, 2.75) is 51.6 Å². The summed E-state index contributed by atoms with van der Waals surface area (Å²) in [5.41, 5.74) is 0. The molecule has 84 valence electrons. The minimum absolute atomic E-state index is 0.700. The molecule has 0 amide bonds. The molecule has 0 aromatic carbocycles. The fraction of sp³-hybridized carbons (Fsp3) is 1.00. The molecule has 0 spiro atoms. The molecule has 0 radical (unpaired) electrons. The van der Waals surface area contributed by atoms with Crippen LogP contribution in [0.2, 0.25) is 0 Å². The first-order valence-electron chi connectivity index (χ1n) is 6.03. The lowest BCUT2D eigenvalue weighted by atomic mass is 10.0. The highest BCUT2D eigenvalue weighted by molar-refractivity contribution is 4.81. The Hall–Kier alpha value is -0.0800. The summed E-state index contributed by atoms with van der Waals surface area (Å²) in [5.74, 6) is 0.741. The lowest BCUT2D eigenvalue weighted by Gasteiger charge is -2.34. The summed E-state index contributed by atoms with van der Waals surface area (Å²) in [6, 6.07) is 1.55. The highest BCUT2D eigenvalue weighted by atomic mass is 15.2. The molecule has 0 aromatic rings. The van der Waals surface area contributed by atoms with E-state index in [2.05, 4.69) is 31.1 Å². The van der Waals surface area contributed by atoms with Crippen LogP contribution in [0.1, 0.15) is 39.5 Å². The molecule has 0 aromatic heterocycles. The van der Waals surface area contributed by atoms with Crippen molar-refractivity contribution in [1.82, 2.24) is 10.2 Å². The average molecular weight is 198 g/mol. The molecular formula is C12H26N2. The molecule has 1 N–H and O–H groups in total. The van der Waals surface area contributed by atoms with Crippen LogP contribution in [0.5, 0.6) is 0 Å². The summed E-state index contributed by atoms with van der Waals surface area (Å²) < 4.78 is 0. The number of rotatable bonds is 5. The maximum atomic E-state index is 3.27. The van der Waals surface area contributed by atoms with Crippen LogP contribution in [0.4, 0.5) is 0 Å². The molecule has 2 unspecified atom stereocenters. The van der Waals surface area contributed by atoms with Crippen molar-refractivity contribution in [3.8, 4) is 0 Å². The van der Waals surface area contributed by atoms with Crippen LogP contribution in [-0.2, 0) is 0 Å². The zero-order chi connectivity index (χ0) is 10.6. The Kier molecular flexibility index (Phi) is 4.90. The third-order valence-corrected chi connectivity index (χ3v) is 3.89. The van der Waals surface area contributed by atoms with Crippen molar-refractivity contribution < 1.29 is 0 Å². The van der Waals surface area contributed by atoms with E-state index in [9.17, 15) is 0 Å². The quantitative estimate of drug-likeness (QED) is 0.728. The van der Waals surface area contributed by atoms with Gasteiger partial charge < -0.3 is 10.2 Å². The van der Waals surface area contributed by atoms with Crippen LogP contribution in [0.15, 0.2) is 0 Å². The molecular weight excluding hydrogens is 172 g/mol. The van der Waals surface area contributed by atoms with Gasteiger partial charge in [0.05, 0.1) is 0 Å². The minimum Gasteiger partial charge on any atom is -0.319 e. The van der Waals surface area contributed by atoms with Gasteiger partial charge in [-0.2, -0.15) is 0 Å². The highest BCUT2D eigenvalue weighted by Crippen LogP contribution is 2.25. The Labute approximate surface area is 89.1 Å². The van der Waals surface area contributed by atoms with Crippen molar-refractivity contribution in [3.05, 3.63) is 0 Å². The van der Waals surface area contributed by atoms with Crippen LogP contribution in [0, 0.1) is 5.92 Å². The van der Waals surface area contributed by atoms with Gasteiger partial charge in [0.1, 0.15) is 0 Å². The number of nitrogens with zero attached hydrogens (tertiary/aromatic N) is 1. The smallest absolute Gasteiger partial charge is 0.0104 e. The molecule has 1 fully saturated rings. The van der Waals surface area contributed by atoms with E-state index in [4.69, 9.17) is 0 Å². The fourth-order valence-electron chi connectivity index (χ4n) is 2.54. The van der Waals surface area contributed by atoms with E-state index in [0.29, 0.717) is 6.04 Å². The molecule has 2 heteroatoms. The molecule has 0 aliphatic heterocycles. The standard InChI is InChI=1S/C12H26N2/c1-10(9-13-3)11(2)14(4)12-7-5-6-8-12/h10-13H,5-9H2,1-4H3. The number of hydrogen-bond acceptors (Lipinski definition) is 2. The topological polar surface area (TPSA) is 15.3 Å². The normalized spacial score (nSPS) is 22.9. The van der Waals surface area contributed by atoms with Gasteiger partial charge in [0.2, 0.25) is 0 Å². The summed E-state index contributed by atoms with van der Waals surface area (Å²) in [5, 5.41) is 3.27. The Morgan fingerprint density at radius 3 is 2.36 bits per heavy atom. The third-order valence-electron chi connectivity index (χ3n) is 3.89. The van der Waals surface area contributed by atoms with Crippen LogP contribution < -0.4 is 5.32 Å². The molecule has 1 rings (SSSR count). The summed E-state index contributed by atoms with van der Waals surface area (Å²) >= 11 is 0. The van der Waals surface area contributed by atoms with Gasteiger partial charge in [-0.05, 0) is 46.3 Å². The molecule has 0 bridgehead atoms. The Morgan fingerprint density at radius 2 is 1.86 bits per heavy atom. The lowest BCUT2D eigenvalue weighted by Crippen LogP contribution is -2.43. The van der Waals surface area contributed by atoms with Gasteiger partial charge in [-0.1, -0.05) is 19.8 Å². The monoisotopic (exact) mass is 198 g/mol. The zero-order valence-electron chi connectivity index (χ0n) is 10.2. The molecule has 0 heterocycles. The molecule has 0 saturated heterocycles. The van der Waals surface area contributed by atoms with Crippen molar-refractivity contribution >= 4 is 0 Å². The molecule has 1 aliphatic carbocycles. The van der Waals surface area contributed by atoms with Crippen LogP contribution in [0.25, 0.3) is 0 Å². The van der Waals surface area contributed by atoms with Gasteiger partial charge >= 0.3 is 0 Å². The molecule has 2 atom stereocenters. The van der Waals surface area contributed by atoms with Gasteiger partial charge in [0.25, 0.3) is 0 Å². The van der Waals surface area contributed by atoms with Gasteiger partial charge in [0.15, 0.2) is 0 Å². The van der Waals surface area contributed by atoms with Crippen molar-refractivity contribution in [2.75, 3.05) is 20.6 Å². The van der Waals surface area contributed by atoms with Crippen LogP contribution >= 0.6 is 0 Å². The van der Waals surface area contributed by atoms with Gasteiger partial charge in [-0.3, -0.25) is 0 Å². The van der Waals surface area contributed by atoms with Crippen molar-refractivity contribution in [3.63, 3.8) is 0 Å². The first-order valence-corrected chi connectivity index (χ1v) is 6.03. The molecule has 2 nitrogen and oxygen atoms in total. The maximum Gasteiger partial charge on any atom is 0.0104 e. The van der Waals surface area contributed by atoms with Gasteiger partial charge in [0, 0.05) is 12.1 Å². The Morgan fingerprint density at radius 1 is 1.29 bits per heavy atom. The van der Waals surface area contributed by atoms with Crippen molar-refractivity contribution in [1.29, 1.82) is 0 Å². The minimum atomic E-state index is 0.700. The predicted molar refractivity (Wildman–Crippen MR) is 62.6 cm³/mol. The van der Waals surface area contributed by atoms with E-state index in [1.807, 2.05) is 7.05 Å². The second-order valence-corrected chi connectivity index (χ2v) is 4.88. The Balaban J connectivity index is 2.37. The molecule has 1 saturated carbocycles. The fourth-order valence-corrected chi connectivity index (χ4v) is 2.54. The lowest BCUT2D eigenvalue weighted by molar-refractivity contribution is 0.143. The average Bonchev–Trinajstić information content (AvgIpc) is 2.68.